The van der Waals surface area contributed by atoms with Crippen molar-refractivity contribution in [2.75, 3.05) is 0 Å². The number of hydrogen-bond acceptors (Lipinski definition) is 4. The van der Waals surface area contributed by atoms with E-state index in [1.165, 1.54) is 0 Å². The van der Waals surface area contributed by atoms with Crippen molar-refractivity contribution in [3.8, 4) is 16.6 Å². The van der Waals surface area contributed by atoms with Crippen LogP contribution in [0.25, 0.3) is 10.6 Å². The predicted octanol–water partition coefficient (Wildman–Crippen LogP) is 3.07. The normalized spacial score (nSPS) is 16.5. The summed E-state index contributed by atoms with van der Waals surface area (Å²) in [5.74, 6) is 0.698. The summed E-state index contributed by atoms with van der Waals surface area (Å²) in [5, 5.41) is 11.2. The topological polar surface area (TPSA) is 49.6 Å². The molecule has 0 amide bonds. The minimum atomic E-state index is -0.405. The molecule has 0 N–H and O–H groups in total. The van der Waals surface area contributed by atoms with E-state index in [0.717, 1.165) is 29.1 Å². The molecule has 2 aromatic heterocycles. The first-order valence-electron chi connectivity index (χ1n) is 5.55. The number of nitriles is 1. The number of aryl methyl sites for hydroxylation is 1. The second kappa shape index (κ2) is 3.64. The molecule has 17 heavy (non-hydrogen) atoms. The second-order valence-corrected chi connectivity index (χ2v) is 5.34. The van der Waals surface area contributed by atoms with Crippen molar-refractivity contribution in [2.45, 2.75) is 25.2 Å². The minimum Gasteiger partial charge on any atom is -0.236 e. The van der Waals surface area contributed by atoms with Crippen LogP contribution in [0.15, 0.2) is 23.6 Å². The second-order valence-electron chi connectivity index (χ2n) is 4.39. The highest BCUT2D eigenvalue weighted by Crippen LogP contribution is 2.46. The Morgan fingerprint density at radius 1 is 1.41 bits per heavy atom. The van der Waals surface area contributed by atoms with E-state index in [9.17, 15) is 5.26 Å². The summed E-state index contributed by atoms with van der Waals surface area (Å²) in [7, 11) is 0. The number of nitrogens with zero attached hydrogens (tertiary/aromatic N) is 3. The smallest absolute Gasteiger partial charge is 0.149 e. The molecule has 3 nitrogen and oxygen atoms in total. The maximum absolute atomic E-state index is 9.19. The molecule has 0 spiro atoms. The molecule has 2 heterocycles. The largest absolute Gasteiger partial charge is 0.236 e. The van der Waals surface area contributed by atoms with Gasteiger partial charge < -0.3 is 0 Å². The molecule has 84 valence electrons. The van der Waals surface area contributed by atoms with E-state index in [4.69, 9.17) is 0 Å². The van der Waals surface area contributed by atoms with Gasteiger partial charge in [-0.1, -0.05) is 6.07 Å². The number of hydrogen-bond donors (Lipinski definition) is 0. The van der Waals surface area contributed by atoms with Gasteiger partial charge in [-0.05, 0) is 37.3 Å². The molecule has 0 aromatic carbocycles. The standard InChI is InChI=1S/C13H11N3S/c1-9-7-10(11-3-2-6-17-11)16-12(15-9)13(8-14)4-5-13/h2-3,6-7H,4-5H2,1H3. The lowest BCUT2D eigenvalue weighted by molar-refractivity contribution is 0.790. The van der Waals surface area contributed by atoms with Gasteiger partial charge in [-0.25, -0.2) is 9.97 Å². The lowest BCUT2D eigenvalue weighted by Gasteiger charge is -2.07. The molecule has 1 aliphatic rings. The van der Waals surface area contributed by atoms with E-state index >= 15 is 0 Å². The summed E-state index contributed by atoms with van der Waals surface area (Å²) in [6, 6.07) is 8.37. The highest BCUT2D eigenvalue weighted by molar-refractivity contribution is 7.13. The molecule has 4 heteroatoms. The van der Waals surface area contributed by atoms with Gasteiger partial charge in [-0.15, -0.1) is 11.3 Å². The molecule has 0 unspecified atom stereocenters. The number of aromatic nitrogens is 2. The summed E-state index contributed by atoms with van der Waals surface area (Å²) < 4.78 is 0. The van der Waals surface area contributed by atoms with Gasteiger partial charge in [0, 0.05) is 5.69 Å². The van der Waals surface area contributed by atoms with Gasteiger partial charge in [0.2, 0.25) is 0 Å². The first kappa shape index (κ1) is 10.4. The average Bonchev–Trinajstić information content (AvgIpc) is 2.94. The fraction of sp³-hybridized carbons (Fsp3) is 0.308. The molecule has 2 aromatic rings. The quantitative estimate of drug-likeness (QED) is 0.811. The van der Waals surface area contributed by atoms with Crippen LogP contribution >= 0.6 is 11.3 Å². The highest BCUT2D eigenvalue weighted by Gasteiger charge is 2.48. The van der Waals surface area contributed by atoms with Gasteiger partial charge in [-0.2, -0.15) is 5.26 Å². The van der Waals surface area contributed by atoms with E-state index in [2.05, 4.69) is 16.0 Å². The van der Waals surface area contributed by atoms with Crippen LogP contribution in [0, 0.1) is 18.3 Å². The lowest BCUT2D eigenvalue weighted by atomic mass is 10.1. The number of thiophene rings is 1. The Bertz CT molecular complexity index is 592. The van der Waals surface area contributed by atoms with Crippen LogP contribution in [-0.2, 0) is 5.41 Å². The summed E-state index contributed by atoms with van der Waals surface area (Å²) >= 11 is 1.66. The molecule has 1 saturated carbocycles. The van der Waals surface area contributed by atoms with Crippen LogP contribution < -0.4 is 0 Å². The number of rotatable bonds is 2. The molecule has 0 atom stereocenters. The van der Waals surface area contributed by atoms with Crippen molar-refractivity contribution in [2.24, 2.45) is 0 Å². The SMILES string of the molecule is Cc1cc(-c2cccs2)nc(C2(C#N)CC2)n1. The molecule has 0 radical (unpaired) electrons. The van der Waals surface area contributed by atoms with Gasteiger partial charge >= 0.3 is 0 Å². The Morgan fingerprint density at radius 2 is 2.24 bits per heavy atom. The van der Waals surface area contributed by atoms with E-state index in [0.29, 0.717) is 5.82 Å². The maximum atomic E-state index is 9.19. The van der Waals surface area contributed by atoms with Crippen molar-refractivity contribution in [1.29, 1.82) is 5.26 Å². The van der Waals surface area contributed by atoms with Gasteiger partial charge in [0.25, 0.3) is 0 Å². The van der Waals surface area contributed by atoms with E-state index < -0.39 is 5.41 Å². The summed E-state index contributed by atoms with van der Waals surface area (Å²) in [6.07, 6.45) is 1.77. The molecule has 0 bridgehead atoms. The zero-order valence-electron chi connectivity index (χ0n) is 9.47. The average molecular weight is 241 g/mol. The molecule has 1 fully saturated rings. The van der Waals surface area contributed by atoms with Crippen molar-refractivity contribution < 1.29 is 0 Å². The third kappa shape index (κ3) is 1.73. The minimum absolute atomic E-state index is 0.405. The van der Waals surface area contributed by atoms with Gasteiger partial charge in [-0.3, -0.25) is 0 Å². The fourth-order valence-corrected chi connectivity index (χ4v) is 2.53. The molecular formula is C13H11N3S. The Hall–Kier alpha value is -1.73. The zero-order valence-corrected chi connectivity index (χ0v) is 10.3. The van der Waals surface area contributed by atoms with Gasteiger partial charge in [0.15, 0.2) is 0 Å². The van der Waals surface area contributed by atoms with Crippen molar-refractivity contribution in [3.05, 3.63) is 35.1 Å². The van der Waals surface area contributed by atoms with Crippen molar-refractivity contribution in [1.82, 2.24) is 9.97 Å². The third-order valence-corrected chi connectivity index (χ3v) is 3.91. The van der Waals surface area contributed by atoms with Crippen LogP contribution in [0.5, 0.6) is 0 Å². The first-order chi connectivity index (χ1) is 8.23. The molecular weight excluding hydrogens is 230 g/mol. The van der Waals surface area contributed by atoms with Crippen LogP contribution in [0.3, 0.4) is 0 Å². The zero-order chi connectivity index (χ0) is 11.9. The fourth-order valence-electron chi connectivity index (χ4n) is 1.84. The Labute approximate surface area is 104 Å². The van der Waals surface area contributed by atoms with E-state index in [1.807, 2.05) is 30.5 Å². The monoisotopic (exact) mass is 241 g/mol. The highest BCUT2D eigenvalue weighted by atomic mass is 32.1. The van der Waals surface area contributed by atoms with Crippen LogP contribution in [-0.4, -0.2) is 9.97 Å². The van der Waals surface area contributed by atoms with Gasteiger partial charge in [0.05, 0.1) is 16.6 Å². The van der Waals surface area contributed by atoms with Gasteiger partial charge in [0.1, 0.15) is 11.2 Å². The molecule has 1 aliphatic carbocycles. The molecule has 3 rings (SSSR count). The Morgan fingerprint density at radius 3 is 2.82 bits per heavy atom. The predicted molar refractivity (Wildman–Crippen MR) is 66.6 cm³/mol. The summed E-state index contributed by atoms with van der Waals surface area (Å²) in [6.45, 7) is 1.95. The summed E-state index contributed by atoms with van der Waals surface area (Å²) in [5.41, 5.74) is 1.46. The summed E-state index contributed by atoms with van der Waals surface area (Å²) in [4.78, 5) is 10.1. The van der Waals surface area contributed by atoms with E-state index in [-0.39, 0.29) is 0 Å². The third-order valence-electron chi connectivity index (χ3n) is 3.02. The van der Waals surface area contributed by atoms with Crippen LogP contribution in [0.4, 0.5) is 0 Å². The maximum Gasteiger partial charge on any atom is 0.149 e. The van der Waals surface area contributed by atoms with E-state index in [1.54, 1.807) is 11.3 Å². The lowest BCUT2D eigenvalue weighted by Crippen LogP contribution is -2.10. The van der Waals surface area contributed by atoms with Crippen molar-refractivity contribution >= 4 is 11.3 Å². The molecule has 0 saturated heterocycles. The van der Waals surface area contributed by atoms with Crippen LogP contribution in [0.1, 0.15) is 24.4 Å². The Kier molecular flexibility index (Phi) is 2.23. The van der Waals surface area contributed by atoms with Crippen LogP contribution in [0.2, 0.25) is 0 Å². The molecule has 0 aliphatic heterocycles. The first-order valence-corrected chi connectivity index (χ1v) is 6.43. The Balaban J connectivity index is 2.11. The van der Waals surface area contributed by atoms with Crippen molar-refractivity contribution in [3.63, 3.8) is 0 Å².